The average Bonchev–Trinajstić information content (AvgIpc) is 3.68. The van der Waals surface area contributed by atoms with Gasteiger partial charge in [0.2, 0.25) is 0 Å². The first-order chi connectivity index (χ1) is 18.8. The van der Waals surface area contributed by atoms with Crippen LogP contribution in [0.4, 0.5) is 4.39 Å². The van der Waals surface area contributed by atoms with Gasteiger partial charge in [0.25, 0.3) is 11.8 Å². The van der Waals surface area contributed by atoms with Crippen LogP contribution in [0, 0.1) is 12.7 Å². The molecule has 2 N–H and O–H groups in total. The molecule has 198 valence electrons. The molecule has 0 spiro atoms. The fraction of sp³-hybridized carbons (Fsp3) is 0.276. The van der Waals surface area contributed by atoms with Crippen molar-refractivity contribution in [1.82, 2.24) is 24.8 Å². The third-order valence-electron chi connectivity index (χ3n) is 7.84. The lowest BCUT2D eigenvalue weighted by Gasteiger charge is -2.18. The largest absolute Gasteiger partial charge is 0.478 e. The predicted octanol–water partition coefficient (Wildman–Crippen LogP) is 3.92. The molecule has 39 heavy (non-hydrogen) atoms. The Kier molecular flexibility index (Phi) is 6.09. The number of nitrogens with zero attached hydrogens (tertiary/aromatic N) is 4. The molecular formula is C29H26FN5O4. The summed E-state index contributed by atoms with van der Waals surface area (Å²) in [4.78, 5) is 44.6. The zero-order valence-electron chi connectivity index (χ0n) is 21.2. The number of hydrogen-bond acceptors (Lipinski definition) is 5. The van der Waals surface area contributed by atoms with E-state index in [0.717, 1.165) is 16.7 Å². The number of carboxylic acids is 1. The third-order valence-corrected chi connectivity index (χ3v) is 7.84. The first-order valence-corrected chi connectivity index (χ1v) is 12.9. The van der Waals surface area contributed by atoms with Crippen LogP contribution in [-0.2, 0) is 6.42 Å². The van der Waals surface area contributed by atoms with Crippen molar-refractivity contribution < 1.29 is 23.9 Å². The van der Waals surface area contributed by atoms with Gasteiger partial charge in [-0.05, 0) is 66.6 Å². The first-order valence-electron chi connectivity index (χ1n) is 12.9. The summed E-state index contributed by atoms with van der Waals surface area (Å²) in [5, 5.41) is 16.7. The number of aromatic carboxylic acids is 1. The molecular weight excluding hydrogens is 501 g/mol. The quantitative estimate of drug-likeness (QED) is 0.406. The minimum Gasteiger partial charge on any atom is -0.478 e. The zero-order valence-corrected chi connectivity index (χ0v) is 21.2. The number of benzene rings is 2. The second-order valence-electron chi connectivity index (χ2n) is 10.1. The molecule has 2 amide bonds. The molecule has 0 saturated carbocycles. The highest BCUT2D eigenvalue weighted by atomic mass is 19.1. The van der Waals surface area contributed by atoms with Crippen LogP contribution in [-0.4, -0.2) is 55.5 Å². The fourth-order valence-electron chi connectivity index (χ4n) is 5.82. The van der Waals surface area contributed by atoms with E-state index in [2.05, 4.69) is 15.4 Å². The van der Waals surface area contributed by atoms with Crippen molar-refractivity contribution in [2.24, 2.45) is 0 Å². The second kappa shape index (κ2) is 9.61. The molecule has 3 heterocycles. The summed E-state index contributed by atoms with van der Waals surface area (Å²) in [7, 11) is 0. The van der Waals surface area contributed by atoms with Crippen molar-refractivity contribution >= 4 is 23.4 Å². The van der Waals surface area contributed by atoms with Crippen LogP contribution in [0.25, 0.3) is 5.65 Å². The number of hydrogen-bond donors (Lipinski definition) is 2. The molecule has 0 radical (unpaired) electrons. The van der Waals surface area contributed by atoms with Gasteiger partial charge < -0.3 is 15.3 Å². The fourth-order valence-corrected chi connectivity index (χ4v) is 5.82. The Balaban J connectivity index is 1.24. The number of nitrogens with one attached hydrogen (secondary N) is 1. The third kappa shape index (κ3) is 4.41. The van der Waals surface area contributed by atoms with Gasteiger partial charge in [-0.2, -0.15) is 5.10 Å². The van der Waals surface area contributed by atoms with E-state index in [1.807, 2.05) is 6.07 Å². The van der Waals surface area contributed by atoms with Gasteiger partial charge in [-0.15, -0.1) is 0 Å². The van der Waals surface area contributed by atoms with Crippen LogP contribution >= 0.6 is 0 Å². The van der Waals surface area contributed by atoms with Gasteiger partial charge in [-0.25, -0.2) is 18.7 Å². The second-order valence-corrected chi connectivity index (χ2v) is 10.1. The molecule has 1 aliphatic carbocycles. The Hall–Kier alpha value is -4.60. The number of likely N-dealkylation sites (tertiary alicyclic amines) is 1. The van der Waals surface area contributed by atoms with E-state index >= 15 is 0 Å². The van der Waals surface area contributed by atoms with Gasteiger partial charge in [0.15, 0.2) is 5.65 Å². The molecule has 0 bridgehead atoms. The van der Waals surface area contributed by atoms with E-state index in [-0.39, 0.29) is 40.6 Å². The Morgan fingerprint density at radius 1 is 1.10 bits per heavy atom. The molecule has 1 fully saturated rings. The molecule has 1 unspecified atom stereocenters. The number of halogens is 1. The van der Waals surface area contributed by atoms with Gasteiger partial charge in [0, 0.05) is 31.1 Å². The summed E-state index contributed by atoms with van der Waals surface area (Å²) in [6.07, 6.45) is 3.53. The summed E-state index contributed by atoms with van der Waals surface area (Å²) < 4.78 is 15.1. The summed E-state index contributed by atoms with van der Waals surface area (Å²) in [5.41, 5.74) is 4.37. The minimum atomic E-state index is -0.974. The Morgan fingerprint density at radius 2 is 1.95 bits per heavy atom. The van der Waals surface area contributed by atoms with E-state index in [1.165, 1.54) is 28.9 Å². The maximum absolute atomic E-state index is 13.7. The Bertz CT molecular complexity index is 1650. The first kappa shape index (κ1) is 24.7. The Morgan fingerprint density at radius 3 is 2.74 bits per heavy atom. The van der Waals surface area contributed by atoms with Crippen LogP contribution in [0.5, 0.6) is 0 Å². The molecule has 2 atom stereocenters. The highest BCUT2D eigenvalue weighted by molar-refractivity contribution is 5.98. The summed E-state index contributed by atoms with van der Waals surface area (Å²) in [5.74, 6) is -1.95. The van der Waals surface area contributed by atoms with Crippen LogP contribution < -0.4 is 5.32 Å². The zero-order chi connectivity index (χ0) is 27.3. The molecule has 10 heteroatoms. The predicted molar refractivity (Wildman–Crippen MR) is 139 cm³/mol. The average molecular weight is 528 g/mol. The molecule has 2 aromatic carbocycles. The SMILES string of the molecule is Cc1c(C(=O)O)ccc2c1CC[C@@H]2NC(=O)c1cc(C(=O)N2CCC(c3cccc(F)c3)C2)nc2ccnn12. The van der Waals surface area contributed by atoms with Crippen LogP contribution in [0.3, 0.4) is 0 Å². The van der Waals surface area contributed by atoms with Crippen molar-refractivity contribution in [3.05, 3.63) is 99.8 Å². The van der Waals surface area contributed by atoms with Gasteiger partial charge >= 0.3 is 5.97 Å². The molecule has 4 aromatic rings. The smallest absolute Gasteiger partial charge is 0.335 e. The Labute approximate surface area is 223 Å². The van der Waals surface area contributed by atoms with Gasteiger partial charge in [0.05, 0.1) is 17.8 Å². The normalized spacial score (nSPS) is 18.4. The number of carboxylic acid groups (broad SMARTS) is 1. The number of amides is 2. The topological polar surface area (TPSA) is 117 Å². The lowest BCUT2D eigenvalue weighted by atomic mass is 9.98. The number of carbonyl (C=O) groups is 3. The van der Waals surface area contributed by atoms with Crippen LogP contribution in [0.15, 0.2) is 54.7 Å². The van der Waals surface area contributed by atoms with Crippen molar-refractivity contribution in [2.75, 3.05) is 13.1 Å². The van der Waals surface area contributed by atoms with E-state index in [0.29, 0.717) is 43.6 Å². The number of fused-ring (bicyclic) bond motifs is 2. The lowest BCUT2D eigenvalue weighted by molar-refractivity contribution is 0.0694. The summed E-state index contributed by atoms with van der Waals surface area (Å²) in [6, 6.07) is 12.6. The monoisotopic (exact) mass is 527 g/mol. The van der Waals surface area contributed by atoms with Crippen molar-refractivity contribution in [3.63, 3.8) is 0 Å². The molecule has 9 nitrogen and oxygen atoms in total. The number of carbonyl (C=O) groups excluding carboxylic acids is 2. The van der Waals surface area contributed by atoms with E-state index in [4.69, 9.17) is 0 Å². The van der Waals surface area contributed by atoms with Gasteiger partial charge in [0.1, 0.15) is 17.2 Å². The minimum absolute atomic E-state index is 0.0265. The molecule has 1 aliphatic heterocycles. The van der Waals surface area contributed by atoms with E-state index in [1.54, 1.807) is 36.1 Å². The maximum atomic E-state index is 13.7. The van der Waals surface area contributed by atoms with Crippen molar-refractivity contribution in [1.29, 1.82) is 0 Å². The molecule has 6 rings (SSSR count). The van der Waals surface area contributed by atoms with E-state index < -0.39 is 11.9 Å². The lowest BCUT2D eigenvalue weighted by Crippen LogP contribution is -2.32. The summed E-state index contributed by atoms with van der Waals surface area (Å²) in [6.45, 7) is 2.73. The number of rotatable bonds is 5. The summed E-state index contributed by atoms with van der Waals surface area (Å²) >= 11 is 0. The number of aromatic nitrogens is 3. The van der Waals surface area contributed by atoms with E-state index in [9.17, 15) is 23.9 Å². The molecule has 1 saturated heterocycles. The standard InChI is InChI=1S/C29H26FN5O4/c1-16-20-7-8-23(22(20)6-5-21(16)29(38)39)33-27(36)25-14-24(32-26-9-11-31-35(25)26)28(37)34-12-10-18(15-34)17-3-2-4-19(30)13-17/h2-6,9,11,13-14,18,23H,7-8,10,12,15H2,1H3,(H,33,36)(H,38,39)/t18?,23-/m0/s1. The van der Waals surface area contributed by atoms with Crippen LogP contribution in [0.1, 0.15) is 78.4 Å². The van der Waals surface area contributed by atoms with Crippen molar-refractivity contribution in [3.8, 4) is 0 Å². The maximum Gasteiger partial charge on any atom is 0.335 e. The molecule has 2 aromatic heterocycles. The van der Waals surface area contributed by atoms with Crippen LogP contribution in [0.2, 0.25) is 0 Å². The van der Waals surface area contributed by atoms with Gasteiger partial charge in [-0.3, -0.25) is 9.59 Å². The highest BCUT2D eigenvalue weighted by Gasteiger charge is 2.31. The highest BCUT2D eigenvalue weighted by Crippen LogP contribution is 2.35. The van der Waals surface area contributed by atoms with Crippen molar-refractivity contribution in [2.45, 2.75) is 38.1 Å². The van der Waals surface area contributed by atoms with Gasteiger partial charge in [-0.1, -0.05) is 18.2 Å². The molecule has 2 aliphatic rings.